The summed E-state index contributed by atoms with van der Waals surface area (Å²) >= 11 is 0. The first-order valence-corrected chi connectivity index (χ1v) is 14.4. The number of rotatable bonds is 6. The zero-order valence-electron chi connectivity index (χ0n) is 22.1. The topological polar surface area (TPSA) is 61.8 Å². The fourth-order valence-electron chi connectivity index (χ4n) is 10.4. The number of nitriles is 1. The molecule has 1 aromatic rings. The Balaban J connectivity index is 1.33. The minimum Gasteiger partial charge on any atom is -0.390 e. The molecule has 4 heteroatoms. The minimum absolute atomic E-state index is 0.389. The molecule has 1 aromatic heterocycles. The number of nitrogens with zero attached hydrogens (tertiary/aromatic N) is 3. The Bertz CT molecular complexity index is 918. The van der Waals surface area contributed by atoms with Crippen LogP contribution in [0.15, 0.2) is 12.4 Å². The molecular formula is C30H47N3O. The van der Waals surface area contributed by atoms with Gasteiger partial charge in [0, 0.05) is 12.7 Å². The van der Waals surface area contributed by atoms with E-state index in [-0.39, 0.29) is 5.60 Å². The highest BCUT2D eigenvalue weighted by atomic mass is 16.3. The number of hydrogen-bond acceptors (Lipinski definition) is 3. The summed E-state index contributed by atoms with van der Waals surface area (Å²) in [5.74, 6) is 4.71. The SMILES string of the molecule is CCC[C@@]1(O)CC[C@@]2(CC)[C@H](CC[C@H]3[C@@H]4CC[C@H](C(C)Cn5cc(C#N)cn5)[C@@]4(C)CC[C@@H]32)C1. The van der Waals surface area contributed by atoms with Crippen molar-refractivity contribution in [3.05, 3.63) is 18.0 Å². The van der Waals surface area contributed by atoms with E-state index in [1.54, 1.807) is 6.20 Å². The average molecular weight is 466 g/mol. The second kappa shape index (κ2) is 8.95. The monoisotopic (exact) mass is 465 g/mol. The molecule has 0 saturated heterocycles. The lowest BCUT2D eigenvalue weighted by atomic mass is 9.42. The van der Waals surface area contributed by atoms with E-state index in [0.29, 0.717) is 22.3 Å². The lowest BCUT2D eigenvalue weighted by Gasteiger charge is -2.63. The van der Waals surface area contributed by atoms with E-state index in [1.165, 1.54) is 51.4 Å². The molecule has 0 aromatic carbocycles. The zero-order valence-corrected chi connectivity index (χ0v) is 22.1. The summed E-state index contributed by atoms with van der Waals surface area (Å²) in [4.78, 5) is 0. The van der Waals surface area contributed by atoms with Gasteiger partial charge < -0.3 is 5.11 Å². The quantitative estimate of drug-likeness (QED) is 0.493. The molecule has 4 fully saturated rings. The second-order valence-corrected chi connectivity index (χ2v) is 13.2. The number of aromatic nitrogens is 2. The van der Waals surface area contributed by atoms with Gasteiger partial charge in [-0.1, -0.05) is 34.1 Å². The van der Waals surface area contributed by atoms with Crippen molar-refractivity contribution in [2.45, 2.75) is 117 Å². The van der Waals surface area contributed by atoms with Gasteiger partial charge in [0.2, 0.25) is 0 Å². The fraction of sp³-hybridized carbons (Fsp3) is 0.867. The lowest BCUT2D eigenvalue weighted by molar-refractivity contribution is -0.162. The maximum absolute atomic E-state index is 11.3. The summed E-state index contributed by atoms with van der Waals surface area (Å²) in [6, 6.07) is 2.22. The van der Waals surface area contributed by atoms with Gasteiger partial charge in [-0.25, -0.2) is 0 Å². The van der Waals surface area contributed by atoms with Gasteiger partial charge in [0.25, 0.3) is 0 Å². The maximum Gasteiger partial charge on any atom is 0.102 e. The van der Waals surface area contributed by atoms with Crippen molar-refractivity contribution in [1.29, 1.82) is 5.26 Å². The van der Waals surface area contributed by atoms with Crippen molar-refractivity contribution >= 4 is 0 Å². The van der Waals surface area contributed by atoms with Crippen LogP contribution in [0, 0.1) is 57.7 Å². The van der Waals surface area contributed by atoms with Gasteiger partial charge in [-0.2, -0.15) is 10.4 Å². The third kappa shape index (κ3) is 3.76. The van der Waals surface area contributed by atoms with Gasteiger partial charge in [0.15, 0.2) is 0 Å². The third-order valence-corrected chi connectivity index (χ3v) is 11.9. The molecule has 1 N–H and O–H groups in total. The van der Waals surface area contributed by atoms with E-state index in [0.717, 1.165) is 61.8 Å². The smallest absolute Gasteiger partial charge is 0.102 e. The van der Waals surface area contributed by atoms with Crippen LogP contribution in [-0.2, 0) is 6.54 Å². The first kappa shape index (κ1) is 24.4. The van der Waals surface area contributed by atoms with E-state index in [9.17, 15) is 5.11 Å². The standard InChI is InChI=1S/C30H47N3O/c1-5-12-29(34)14-15-30(6-2)23(16-29)7-8-24-26-10-9-25(28(26,4)13-11-27(24)30)21(3)19-33-20-22(17-31)18-32-33/h18,20-21,23-27,34H,5-16,19H2,1-4H3/t21?,23-,24+,25-,26+,27+,28-,29-,30+/m1/s1. The molecule has 1 heterocycles. The molecule has 1 unspecified atom stereocenters. The molecule has 34 heavy (non-hydrogen) atoms. The van der Waals surface area contributed by atoms with Crippen LogP contribution in [0.5, 0.6) is 0 Å². The molecule has 4 aliphatic carbocycles. The van der Waals surface area contributed by atoms with E-state index in [1.807, 2.05) is 10.9 Å². The fourth-order valence-corrected chi connectivity index (χ4v) is 10.4. The van der Waals surface area contributed by atoms with Crippen LogP contribution in [0.2, 0.25) is 0 Å². The number of aliphatic hydroxyl groups is 1. The van der Waals surface area contributed by atoms with Crippen LogP contribution in [0.1, 0.15) is 110 Å². The molecule has 0 aliphatic heterocycles. The van der Waals surface area contributed by atoms with Crippen LogP contribution in [0.4, 0.5) is 0 Å². The van der Waals surface area contributed by atoms with E-state index >= 15 is 0 Å². The van der Waals surface area contributed by atoms with Crippen molar-refractivity contribution in [2.24, 2.45) is 46.3 Å². The summed E-state index contributed by atoms with van der Waals surface area (Å²) < 4.78 is 2.00. The van der Waals surface area contributed by atoms with Gasteiger partial charge in [0.05, 0.1) is 17.4 Å². The summed E-state index contributed by atoms with van der Waals surface area (Å²) in [7, 11) is 0. The van der Waals surface area contributed by atoms with E-state index < -0.39 is 0 Å². The van der Waals surface area contributed by atoms with Gasteiger partial charge in [-0.3, -0.25) is 4.68 Å². The Kier molecular flexibility index (Phi) is 6.41. The third-order valence-electron chi connectivity index (χ3n) is 11.9. The summed E-state index contributed by atoms with van der Waals surface area (Å²) in [6.07, 6.45) is 18.7. The Hall–Kier alpha value is -1.34. The predicted molar refractivity (Wildman–Crippen MR) is 136 cm³/mol. The van der Waals surface area contributed by atoms with Crippen LogP contribution in [0.3, 0.4) is 0 Å². The number of fused-ring (bicyclic) bond motifs is 5. The van der Waals surface area contributed by atoms with Gasteiger partial charge >= 0.3 is 0 Å². The highest BCUT2D eigenvalue weighted by Crippen LogP contribution is 2.69. The van der Waals surface area contributed by atoms with Gasteiger partial charge in [0.1, 0.15) is 6.07 Å². The molecule has 4 aliphatic rings. The number of hydrogen-bond donors (Lipinski definition) is 1. The van der Waals surface area contributed by atoms with Gasteiger partial charge in [-0.15, -0.1) is 0 Å². The second-order valence-electron chi connectivity index (χ2n) is 13.2. The molecular weight excluding hydrogens is 418 g/mol. The van der Waals surface area contributed by atoms with Crippen LogP contribution in [0.25, 0.3) is 0 Å². The molecule has 188 valence electrons. The maximum atomic E-state index is 11.3. The molecule has 0 amide bonds. The Morgan fingerprint density at radius 1 is 1.15 bits per heavy atom. The first-order chi connectivity index (χ1) is 16.3. The first-order valence-electron chi connectivity index (χ1n) is 14.4. The van der Waals surface area contributed by atoms with Crippen molar-refractivity contribution in [3.8, 4) is 6.07 Å². The van der Waals surface area contributed by atoms with Crippen molar-refractivity contribution in [1.82, 2.24) is 9.78 Å². The summed E-state index contributed by atoms with van der Waals surface area (Å²) in [5, 5.41) is 24.9. The molecule has 5 rings (SSSR count). The normalized spacial score (nSPS) is 44.5. The average Bonchev–Trinajstić information content (AvgIpc) is 3.42. The lowest BCUT2D eigenvalue weighted by Crippen LogP contribution is -2.57. The summed E-state index contributed by atoms with van der Waals surface area (Å²) in [6.45, 7) is 10.7. The minimum atomic E-state index is -0.389. The van der Waals surface area contributed by atoms with Crippen LogP contribution < -0.4 is 0 Å². The highest BCUT2D eigenvalue weighted by Gasteiger charge is 2.62. The molecule has 4 nitrogen and oxygen atoms in total. The molecule has 0 radical (unpaired) electrons. The largest absolute Gasteiger partial charge is 0.390 e. The van der Waals surface area contributed by atoms with E-state index in [4.69, 9.17) is 5.26 Å². The zero-order chi connectivity index (χ0) is 24.1. The predicted octanol–water partition coefficient (Wildman–Crippen LogP) is 6.97. The molecule has 0 bridgehead atoms. The van der Waals surface area contributed by atoms with Gasteiger partial charge in [-0.05, 0) is 117 Å². The Morgan fingerprint density at radius 2 is 1.97 bits per heavy atom. The summed E-state index contributed by atoms with van der Waals surface area (Å²) in [5.41, 5.74) is 1.21. The van der Waals surface area contributed by atoms with E-state index in [2.05, 4.69) is 38.9 Å². The molecule has 9 atom stereocenters. The molecule has 0 spiro atoms. The highest BCUT2D eigenvalue weighted by molar-refractivity contribution is 5.21. The van der Waals surface area contributed by atoms with Crippen molar-refractivity contribution in [3.63, 3.8) is 0 Å². The molecule has 4 saturated carbocycles. The van der Waals surface area contributed by atoms with Crippen LogP contribution >= 0.6 is 0 Å². The van der Waals surface area contributed by atoms with Crippen LogP contribution in [-0.4, -0.2) is 20.5 Å². The Morgan fingerprint density at radius 3 is 2.68 bits per heavy atom. The van der Waals surface area contributed by atoms with Crippen molar-refractivity contribution < 1.29 is 5.11 Å². The Labute approximate surface area is 207 Å². The van der Waals surface area contributed by atoms with Crippen molar-refractivity contribution in [2.75, 3.05) is 0 Å².